The molecule has 0 saturated heterocycles. The Labute approximate surface area is 167 Å². The summed E-state index contributed by atoms with van der Waals surface area (Å²) >= 11 is 0. The van der Waals surface area contributed by atoms with Crippen LogP contribution in [0.1, 0.15) is 58.4 Å². The van der Waals surface area contributed by atoms with Crippen LogP contribution in [0, 0.1) is 0 Å². The van der Waals surface area contributed by atoms with Crippen LogP contribution in [0.5, 0.6) is 5.75 Å². The predicted octanol–water partition coefficient (Wildman–Crippen LogP) is 5.34. The molecular weight excluding hydrogens is 352 g/mol. The molecule has 28 heavy (non-hydrogen) atoms. The minimum atomic E-state index is -0.598. The van der Waals surface area contributed by atoms with Crippen LogP contribution >= 0.6 is 0 Å². The molecule has 2 aromatic carbocycles. The lowest BCUT2D eigenvalue weighted by molar-refractivity contribution is -0.122. The molecule has 5 nitrogen and oxygen atoms in total. The second-order valence-electron chi connectivity index (χ2n) is 6.83. The Morgan fingerprint density at radius 3 is 2.25 bits per heavy atom. The van der Waals surface area contributed by atoms with Gasteiger partial charge in [0.05, 0.1) is 0 Å². The topological polar surface area (TPSA) is 67.4 Å². The third-order valence-electron chi connectivity index (χ3n) is 4.73. The van der Waals surface area contributed by atoms with E-state index in [1.54, 1.807) is 31.2 Å². The van der Waals surface area contributed by atoms with Crippen molar-refractivity contribution in [2.24, 2.45) is 0 Å². The lowest BCUT2D eigenvalue weighted by atomic mass is 9.98. The molecule has 0 aliphatic carbocycles. The van der Waals surface area contributed by atoms with Crippen LogP contribution < -0.4 is 15.4 Å². The van der Waals surface area contributed by atoms with E-state index in [0.29, 0.717) is 30.1 Å². The zero-order chi connectivity index (χ0) is 20.5. The standard InChI is InChI=1S/C23H30N2O3/c1-5-16(4)19-13-8-9-14-21(19)28-20(6-2)23(27)25-18-12-10-11-17(15-18)24-22(26)7-3/h8-16,20H,5-7H2,1-4H3,(H,24,26)(H,25,27). The summed E-state index contributed by atoms with van der Waals surface area (Å²) in [6, 6.07) is 15.0. The summed E-state index contributed by atoms with van der Waals surface area (Å²) in [5.41, 5.74) is 2.39. The number of ether oxygens (including phenoxy) is 1. The lowest BCUT2D eigenvalue weighted by Crippen LogP contribution is -2.32. The third kappa shape index (κ3) is 5.84. The van der Waals surface area contributed by atoms with Crippen molar-refractivity contribution >= 4 is 23.2 Å². The van der Waals surface area contributed by atoms with Crippen LogP contribution in [0.15, 0.2) is 48.5 Å². The Balaban J connectivity index is 2.11. The largest absolute Gasteiger partial charge is 0.480 e. The van der Waals surface area contributed by atoms with E-state index in [1.807, 2.05) is 31.2 Å². The number of para-hydroxylation sites is 1. The van der Waals surface area contributed by atoms with Crippen molar-refractivity contribution in [3.63, 3.8) is 0 Å². The first-order valence-electron chi connectivity index (χ1n) is 9.94. The number of rotatable bonds is 9. The molecule has 0 aromatic heterocycles. The monoisotopic (exact) mass is 382 g/mol. The zero-order valence-electron chi connectivity index (χ0n) is 17.1. The molecule has 0 heterocycles. The number of carbonyl (C=O) groups excluding carboxylic acids is 2. The maximum Gasteiger partial charge on any atom is 0.265 e. The highest BCUT2D eigenvalue weighted by atomic mass is 16.5. The van der Waals surface area contributed by atoms with E-state index in [0.717, 1.165) is 17.7 Å². The van der Waals surface area contributed by atoms with Gasteiger partial charge in [-0.2, -0.15) is 0 Å². The van der Waals surface area contributed by atoms with Crippen LogP contribution in [0.3, 0.4) is 0 Å². The first-order valence-corrected chi connectivity index (χ1v) is 9.94. The van der Waals surface area contributed by atoms with E-state index in [-0.39, 0.29) is 11.8 Å². The van der Waals surface area contributed by atoms with Crippen molar-refractivity contribution in [2.75, 3.05) is 10.6 Å². The molecule has 2 amide bonds. The average molecular weight is 383 g/mol. The fourth-order valence-electron chi connectivity index (χ4n) is 2.84. The van der Waals surface area contributed by atoms with Gasteiger partial charge < -0.3 is 15.4 Å². The Bertz CT molecular complexity index is 804. The molecule has 0 spiro atoms. The normalized spacial score (nSPS) is 12.7. The molecule has 0 fully saturated rings. The molecule has 2 rings (SSSR count). The van der Waals surface area contributed by atoms with Gasteiger partial charge in [0.1, 0.15) is 5.75 Å². The highest BCUT2D eigenvalue weighted by molar-refractivity contribution is 5.96. The number of hydrogen-bond donors (Lipinski definition) is 2. The van der Waals surface area contributed by atoms with E-state index in [2.05, 4.69) is 24.5 Å². The Hall–Kier alpha value is -2.82. The van der Waals surface area contributed by atoms with E-state index in [4.69, 9.17) is 4.74 Å². The Morgan fingerprint density at radius 2 is 1.61 bits per heavy atom. The smallest absolute Gasteiger partial charge is 0.265 e. The molecule has 2 N–H and O–H groups in total. The maximum absolute atomic E-state index is 12.8. The van der Waals surface area contributed by atoms with Gasteiger partial charge in [-0.25, -0.2) is 0 Å². The van der Waals surface area contributed by atoms with E-state index >= 15 is 0 Å². The van der Waals surface area contributed by atoms with Crippen molar-refractivity contribution in [2.45, 2.75) is 59.0 Å². The van der Waals surface area contributed by atoms with Gasteiger partial charge in [-0.05, 0) is 48.6 Å². The lowest BCUT2D eigenvalue weighted by Gasteiger charge is -2.21. The molecule has 2 aromatic rings. The third-order valence-corrected chi connectivity index (χ3v) is 4.73. The number of benzene rings is 2. The van der Waals surface area contributed by atoms with Gasteiger partial charge in [-0.15, -0.1) is 0 Å². The van der Waals surface area contributed by atoms with E-state index < -0.39 is 6.10 Å². The molecule has 0 saturated carbocycles. The van der Waals surface area contributed by atoms with Crippen LogP contribution in [0.4, 0.5) is 11.4 Å². The van der Waals surface area contributed by atoms with Crippen molar-refractivity contribution in [3.05, 3.63) is 54.1 Å². The van der Waals surface area contributed by atoms with Gasteiger partial charge in [0.15, 0.2) is 6.10 Å². The molecule has 5 heteroatoms. The number of hydrogen-bond acceptors (Lipinski definition) is 3. The number of anilines is 2. The van der Waals surface area contributed by atoms with Gasteiger partial charge in [0.25, 0.3) is 5.91 Å². The first-order chi connectivity index (χ1) is 13.5. The van der Waals surface area contributed by atoms with E-state index in [9.17, 15) is 9.59 Å². The summed E-state index contributed by atoms with van der Waals surface area (Å²) in [7, 11) is 0. The second kappa shape index (κ2) is 10.5. The minimum Gasteiger partial charge on any atom is -0.480 e. The van der Waals surface area contributed by atoms with Gasteiger partial charge in [-0.3, -0.25) is 9.59 Å². The maximum atomic E-state index is 12.8. The van der Waals surface area contributed by atoms with Crippen molar-refractivity contribution < 1.29 is 14.3 Å². The van der Waals surface area contributed by atoms with Gasteiger partial charge >= 0.3 is 0 Å². The summed E-state index contributed by atoms with van der Waals surface area (Å²) in [5.74, 6) is 0.832. The molecule has 0 aliphatic heterocycles. The summed E-state index contributed by atoms with van der Waals surface area (Å²) in [6.45, 7) is 8.00. The van der Waals surface area contributed by atoms with Crippen molar-refractivity contribution in [1.82, 2.24) is 0 Å². The second-order valence-corrected chi connectivity index (χ2v) is 6.83. The van der Waals surface area contributed by atoms with Crippen molar-refractivity contribution in [3.8, 4) is 5.75 Å². The molecule has 2 unspecified atom stereocenters. The molecule has 0 radical (unpaired) electrons. The van der Waals surface area contributed by atoms with Crippen LogP contribution in [-0.2, 0) is 9.59 Å². The molecule has 2 atom stereocenters. The number of carbonyl (C=O) groups is 2. The average Bonchev–Trinajstić information content (AvgIpc) is 2.71. The highest BCUT2D eigenvalue weighted by Gasteiger charge is 2.21. The fourth-order valence-corrected chi connectivity index (χ4v) is 2.84. The molecule has 150 valence electrons. The Kier molecular flexibility index (Phi) is 8.05. The van der Waals surface area contributed by atoms with Gasteiger partial charge in [-0.1, -0.05) is 52.0 Å². The SMILES string of the molecule is CCC(=O)Nc1cccc(NC(=O)C(CC)Oc2ccccc2C(C)CC)c1. The molecule has 0 bridgehead atoms. The number of nitrogens with one attached hydrogen (secondary N) is 2. The van der Waals surface area contributed by atoms with Gasteiger partial charge in [0, 0.05) is 17.8 Å². The van der Waals surface area contributed by atoms with E-state index in [1.165, 1.54) is 0 Å². The minimum absolute atomic E-state index is 0.0695. The summed E-state index contributed by atoms with van der Waals surface area (Å²) in [6.07, 6.45) is 1.35. The molecular formula is C23H30N2O3. The number of amides is 2. The Morgan fingerprint density at radius 1 is 0.929 bits per heavy atom. The quantitative estimate of drug-likeness (QED) is 0.615. The fraction of sp³-hybridized carbons (Fsp3) is 0.391. The summed E-state index contributed by atoms with van der Waals surface area (Å²) in [5, 5.41) is 5.69. The summed E-state index contributed by atoms with van der Waals surface area (Å²) < 4.78 is 6.08. The highest BCUT2D eigenvalue weighted by Crippen LogP contribution is 2.29. The predicted molar refractivity (Wildman–Crippen MR) is 114 cm³/mol. The first kappa shape index (κ1) is 21.5. The van der Waals surface area contributed by atoms with Crippen LogP contribution in [-0.4, -0.2) is 17.9 Å². The van der Waals surface area contributed by atoms with Crippen LogP contribution in [0.2, 0.25) is 0 Å². The molecule has 0 aliphatic rings. The van der Waals surface area contributed by atoms with Crippen molar-refractivity contribution in [1.29, 1.82) is 0 Å². The summed E-state index contributed by atoms with van der Waals surface area (Å²) in [4.78, 5) is 24.3. The zero-order valence-corrected chi connectivity index (χ0v) is 17.1. The van der Waals surface area contributed by atoms with Gasteiger partial charge in [0.2, 0.25) is 5.91 Å². The van der Waals surface area contributed by atoms with Crippen LogP contribution in [0.25, 0.3) is 0 Å².